The predicted octanol–water partition coefficient (Wildman–Crippen LogP) is 14.5. The van der Waals surface area contributed by atoms with Crippen LogP contribution in [0.3, 0.4) is 0 Å². The smallest absolute Gasteiger partial charge is 0.306 e. The molecular weight excluding hydrogens is 568 g/mol. The van der Waals surface area contributed by atoms with Gasteiger partial charge in [-0.2, -0.15) is 0 Å². The molecule has 0 aromatic carbocycles. The summed E-state index contributed by atoms with van der Waals surface area (Å²) >= 11 is 0. The molecule has 0 fully saturated rings. The monoisotopic (exact) mass is 651 g/mol. The van der Waals surface area contributed by atoms with Crippen LogP contribution in [-0.4, -0.2) is 23.1 Å². The molecule has 0 heterocycles. The number of esters is 1. The molecule has 0 saturated carbocycles. The zero-order chi connectivity index (χ0) is 33.6. The third-order valence-corrected chi connectivity index (χ3v) is 9.90. The molecule has 0 bridgehead atoms. The van der Waals surface area contributed by atoms with Crippen LogP contribution in [0.25, 0.3) is 0 Å². The number of hydrogen-bond donors (Lipinski definition) is 1. The summed E-state index contributed by atoms with van der Waals surface area (Å²) in [6, 6.07) is 0. The second-order valence-electron chi connectivity index (χ2n) is 14.5. The zero-order valence-corrected chi connectivity index (χ0v) is 31.4. The van der Waals surface area contributed by atoms with Crippen LogP contribution in [0.5, 0.6) is 0 Å². The van der Waals surface area contributed by atoms with E-state index in [0.29, 0.717) is 12.8 Å². The van der Waals surface area contributed by atoms with E-state index in [1.807, 2.05) is 0 Å². The summed E-state index contributed by atoms with van der Waals surface area (Å²) in [5, 5.41) is 8.65. The topological polar surface area (TPSA) is 63.6 Å². The summed E-state index contributed by atoms with van der Waals surface area (Å²) in [5.41, 5.74) is 0. The standard InChI is InChI=1S/C42H82O4/c1-3-5-6-7-8-9-10-11-16-21-24-27-30-33-36-39-42(45)46-40(4-2)37-34-31-28-25-22-19-17-14-12-13-15-18-20-23-26-29-32-35-38-41(43)44/h40H,3-39H2,1-2H3,(H,43,44). The molecule has 0 aromatic rings. The second-order valence-corrected chi connectivity index (χ2v) is 14.5. The van der Waals surface area contributed by atoms with Gasteiger partial charge in [0.15, 0.2) is 0 Å². The van der Waals surface area contributed by atoms with Gasteiger partial charge in [-0.15, -0.1) is 0 Å². The van der Waals surface area contributed by atoms with E-state index in [0.717, 1.165) is 32.1 Å². The lowest BCUT2D eigenvalue weighted by Crippen LogP contribution is -2.17. The fourth-order valence-corrected chi connectivity index (χ4v) is 6.71. The van der Waals surface area contributed by atoms with E-state index in [4.69, 9.17) is 9.84 Å². The number of unbranched alkanes of at least 4 members (excludes halogenated alkanes) is 31. The van der Waals surface area contributed by atoms with Crippen LogP contribution in [0.1, 0.15) is 251 Å². The molecular formula is C42H82O4. The normalized spacial score (nSPS) is 12.0. The largest absolute Gasteiger partial charge is 0.481 e. The van der Waals surface area contributed by atoms with Crippen LogP contribution < -0.4 is 0 Å². The maximum absolute atomic E-state index is 12.3. The van der Waals surface area contributed by atoms with Gasteiger partial charge in [-0.05, 0) is 32.1 Å². The van der Waals surface area contributed by atoms with E-state index >= 15 is 0 Å². The van der Waals surface area contributed by atoms with Crippen LogP contribution in [0.2, 0.25) is 0 Å². The molecule has 274 valence electrons. The molecule has 4 heteroatoms. The molecule has 1 atom stereocenters. The van der Waals surface area contributed by atoms with Crippen molar-refractivity contribution in [2.45, 2.75) is 258 Å². The van der Waals surface area contributed by atoms with Gasteiger partial charge in [-0.1, -0.05) is 206 Å². The minimum Gasteiger partial charge on any atom is -0.481 e. The SMILES string of the molecule is CCCCCCCCCCCCCCCCCC(=O)OC(CC)CCCCCCCCCCCCCCCCCCCCC(=O)O. The molecule has 0 rings (SSSR count). The van der Waals surface area contributed by atoms with Crippen molar-refractivity contribution in [2.24, 2.45) is 0 Å². The molecule has 0 saturated heterocycles. The molecule has 1 N–H and O–H groups in total. The summed E-state index contributed by atoms with van der Waals surface area (Å²) in [5.74, 6) is -0.629. The lowest BCUT2D eigenvalue weighted by molar-refractivity contribution is -0.149. The average Bonchev–Trinajstić information content (AvgIpc) is 3.04. The van der Waals surface area contributed by atoms with Crippen molar-refractivity contribution < 1.29 is 19.4 Å². The van der Waals surface area contributed by atoms with Crippen LogP contribution in [0.4, 0.5) is 0 Å². The number of aliphatic carboxylic acids is 1. The third kappa shape index (κ3) is 37.4. The first-order chi connectivity index (χ1) is 22.6. The van der Waals surface area contributed by atoms with Crippen molar-refractivity contribution in [1.29, 1.82) is 0 Å². The number of ether oxygens (including phenoxy) is 1. The number of rotatable bonds is 39. The number of hydrogen-bond acceptors (Lipinski definition) is 3. The highest BCUT2D eigenvalue weighted by Crippen LogP contribution is 2.18. The van der Waals surface area contributed by atoms with E-state index in [1.54, 1.807) is 0 Å². The summed E-state index contributed by atoms with van der Waals surface area (Å²) in [6.45, 7) is 4.44. The Hall–Kier alpha value is -1.06. The first kappa shape index (κ1) is 44.9. The molecule has 0 aliphatic carbocycles. The molecule has 4 nitrogen and oxygen atoms in total. The lowest BCUT2D eigenvalue weighted by Gasteiger charge is -2.16. The van der Waals surface area contributed by atoms with E-state index in [1.165, 1.54) is 193 Å². The van der Waals surface area contributed by atoms with Crippen LogP contribution >= 0.6 is 0 Å². The number of carbonyl (C=O) groups is 2. The van der Waals surface area contributed by atoms with Crippen LogP contribution in [0.15, 0.2) is 0 Å². The van der Waals surface area contributed by atoms with Gasteiger partial charge in [-0.25, -0.2) is 0 Å². The van der Waals surface area contributed by atoms with Crippen molar-refractivity contribution in [2.75, 3.05) is 0 Å². The molecule has 46 heavy (non-hydrogen) atoms. The highest BCUT2D eigenvalue weighted by molar-refractivity contribution is 5.69. The Bertz CT molecular complexity index is 619. The van der Waals surface area contributed by atoms with Crippen molar-refractivity contribution in [3.05, 3.63) is 0 Å². The third-order valence-electron chi connectivity index (χ3n) is 9.90. The summed E-state index contributed by atoms with van der Waals surface area (Å²) in [7, 11) is 0. The maximum Gasteiger partial charge on any atom is 0.306 e. The Balaban J connectivity index is 3.36. The van der Waals surface area contributed by atoms with Gasteiger partial charge in [0.2, 0.25) is 0 Å². The van der Waals surface area contributed by atoms with Gasteiger partial charge in [-0.3, -0.25) is 9.59 Å². The Labute approximate surface area is 288 Å². The molecule has 0 aromatic heterocycles. The molecule has 0 aliphatic heterocycles. The summed E-state index contributed by atoms with van der Waals surface area (Å²) in [4.78, 5) is 22.8. The Kier molecular flexibility index (Phi) is 37.5. The van der Waals surface area contributed by atoms with Crippen molar-refractivity contribution >= 4 is 11.9 Å². The van der Waals surface area contributed by atoms with Gasteiger partial charge in [0, 0.05) is 12.8 Å². The highest BCUT2D eigenvalue weighted by atomic mass is 16.5. The number of carbonyl (C=O) groups excluding carboxylic acids is 1. The minimum absolute atomic E-state index is 0.0308. The van der Waals surface area contributed by atoms with Crippen molar-refractivity contribution in [3.8, 4) is 0 Å². The molecule has 0 spiro atoms. The van der Waals surface area contributed by atoms with E-state index in [2.05, 4.69) is 13.8 Å². The van der Waals surface area contributed by atoms with E-state index in [9.17, 15) is 9.59 Å². The van der Waals surface area contributed by atoms with Crippen LogP contribution in [-0.2, 0) is 14.3 Å². The van der Waals surface area contributed by atoms with Gasteiger partial charge in [0.25, 0.3) is 0 Å². The second kappa shape index (κ2) is 38.4. The van der Waals surface area contributed by atoms with E-state index < -0.39 is 5.97 Å². The van der Waals surface area contributed by atoms with Gasteiger partial charge >= 0.3 is 11.9 Å². The molecule has 0 amide bonds. The van der Waals surface area contributed by atoms with Crippen LogP contribution in [0, 0.1) is 0 Å². The average molecular weight is 651 g/mol. The van der Waals surface area contributed by atoms with Gasteiger partial charge < -0.3 is 9.84 Å². The summed E-state index contributed by atoms with van der Waals surface area (Å²) < 4.78 is 5.81. The minimum atomic E-state index is -0.659. The highest BCUT2D eigenvalue weighted by Gasteiger charge is 2.12. The first-order valence-electron chi connectivity index (χ1n) is 21.0. The number of carboxylic acid groups (broad SMARTS) is 1. The fourth-order valence-electron chi connectivity index (χ4n) is 6.71. The van der Waals surface area contributed by atoms with Crippen molar-refractivity contribution in [1.82, 2.24) is 0 Å². The van der Waals surface area contributed by atoms with Crippen molar-refractivity contribution in [3.63, 3.8) is 0 Å². The maximum atomic E-state index is 12.3. The Morgan fingerprint density at radius 1 is 0.413 bits per heavy atom. The quantitative estimate of drug-likeness (QED) is 0.0531. The Morgan fingerprint density at radius 2 is 0.696 bits per heavy atom. The predicted molar refractivity (Wildman–Crippen MR) is 200 cm³/mol. The van der Waals surface area contributed by atoms with Gasteiger partial charge in [0.05, 0.1) is 0 Å². The number of carboxylic acids is 1. The zero-order valence-electron chi connectivity index (χ0n) is 31.4. The van der Waals surface area contributed by atoms with Gasteiger partial charge in [0.1, 0.15) is 6.10 Å². The molecule has 0 aliphatic rings. The van der Waals surface area contributed by atoms with E-state index in [-0.39, 0.29) is 12.1 Å². The molecule has 1 unspecified atom stereocenters. The lowest BCUT2D eigenvalue weighted by atomic mass is 10.0. The fraction of sp³-hybridized carbons (Fsp3) is 0.952. The first-order valence-corrected chi connectivity index (χ1v) is 21.0. The Morgan fingerprint density at radius 3 is 1.00 bits per heavy atom. The molecule has 0 radical (unpaired) electrons. The summed E-state index contributed by atoms with van der Waals surface area (Å²) in [6.07, 6.45) is 46.6.